The molecule has 0 radical (unpaired) electrons. The predicted octanol–water partition coefficient (Wildman–Crippen LogP) is 3.37. The van der Waals surface area contributed by atoms with E-state index in [0.29, 0.717) is 24.5 Å². The van der Waals surface area contributed by atoms with E-state index in [1.165, 1.54) is 0 Å². The molecule has 2 atom stereocenters. The molecule has 2 unspecified atom stereocenters. The van der Waals surface area contributed by atoms with Crippen molar-refractivity contribution in [3.05, 3.63) is 29.3 Å². The van der Waals surface area contributed by atoms with Gasteiger partial charge in [-0.05, 0) is 63.0 Å². The Morgan fingerprint density at radius 1 is 1.12 bits per heavy atom. The molecule has 0 heterocycles. The molecule has 0 saturated heterocycles. The average molecular weight is 328 g/mol. The zero-order valence-corrected chi connectivity index (χ0v) is 14.3. The number of Topliss-reactive ketones (excluding diaryl/α,β-unsaturated/α-hetero) is 1. The van der Waals surface area contributed by atoms with Crippen LogP contribution in [-0.4, -0.2) is 24.0 Å². The number of para-hydroxylation sites is 1. The van der Waals surface area contributed by atoms with Gasteiger partial charge in [-0.3, -0.25) is 4.79 Å². The largest absolute Gasteiger partial charge is 0.481 e. The molecule has 4 nitrogen and oxygen atoms in total. The van der Waals surface area contributed by atoms with Crippen LogP contribution in [0.1, 0.15) is 43.2 Å². The smallest absolute Gasteiger partial charge is 0.344 e. The maximum Gasteiger partial charge on any atom is 0.344 e. The van der Waals surface area contributed by atoms with E-state index in [4.69, 9.17) is 9.47 Å². The summed E-state index contributed by atoms with van der Waals surface area (Å²) >= 11 is 0. The number of ether oxygens (including phenoxy) is 2. The van der Waals surface area contributed by atoms with Crippen molar-refractivity contribution in [3.8, 4) is 5.75 Å². The minimum atomic E-state index is -0.411. The molecule has 0 N–H and O–H groups in total. The molecular weight excluding hydrogens is 304 g/mol. The normalized spacial score (nSPS) is 33.6. The number of hydrogen-bond acceptors (Lipinski definition) is 4. The SMILES string of the molecule is Cc1cccc(C)c1OCC(=O)OC12CC3CC(C1)C(=O)C(C3)C2. The Hall–Kier alpha value is -1.84. The first-order valence-electron chi connectivity index (χ1n) is 8.90. The second kappa shape index (κ2) is 5.61. The number of aryl methyl sites for hydroxylation is 2. The lowest BCUT2D eigenvalue weighted by molar-refractivity contribution is -0.190. The molecule has 128 valence electrons. The Balaban J connectivity index is 1.41. The fourth-order valence-corrected chi connectivity index (χ4v) is 5.23. The first-order chi connectivity index (χ1) is 11.5. The van der Waals surface area contributed by atoms with E-state index in [-0.39, 0.29) is 24.4 Å². The summed E-state index contributed by atoms with van der Waals surface area (Å²) in [6, 6.07) is 5.92. The Morgan fingerprint density at radius 3 is 2.38 bits per heavy atom. The molecule has 4 bridgehead atoms. The number of esters is 1. The van der Waals surface area contributed by atoms with E-state index in [1.54, 1.807) is 0 Å². The Bertz CT molecular complexity index is 655. The van der Waals surface area contributed by atoms with Crippen LogP contribution in [0.5, 0.6) is 5.75 Å². The first kappa shape index (κ1) is 15.7. The predicted molar refractivity (Wildman–Crippen MR) is 88.8 cm³/mol. The Labute approximate surface area is 142 Å². The minimum Gasteiger partial charge on any atom is -0.481 e. The molecule has 4 fully saturated rings. The second-order valence-corrected chi connectivity index (χ2v) is 7.91. The van der Waals surface area contributed by atoms with E-state index in [0.717, 1.165) is 36.1 Å². The van der Waals surface area contributed by atoms with Crippen molar-refractivity contribution in [1.29, 1.82) is 0 Å². The highest BCUT2D eigenvalue weighted by molar-refractivity contribution is 5.86. The van der Waals surface area contributed by atoms with E-state index < -0.39 is 5.60 Å². The van der Waals surface area contributed by atoms with Crippen LogP contribution in [0.15, 0.2) is 18.2 Å². The zero-order valence-electron chi connectivity index (χ0n) is 14.3. The summed E-state index contributed by atoms with van der Waals surface area (Å²) in [6.45, 7) is 3.87. The summed E-state index contributed by atoms with van der Waals surface area (Å²) in [5.74, 6) is 1.63. The molecule has 0 aliphatic heterocycles. The Kier molecular flexibility index (Phi) is 3.66. The van der Waals surface area contributed by atoms with Gasteiger partial charge in [0, 0.05) is 11.8 Å². The van der Waals surface area contributed by atoms with Gasteiger partial charge >= 0.3 is 5.97 Å². The maximum absolute atomic E-state index is 12.4. The number of hydrogen-bond donors (Lipinski definition) is 0. The van der Waals surface area contributed by atoms with Crippen LogP contribution in [0.3, 0.4) is 0 Å². The summed E-state index contributed by atoms with van der Waals surface area (Å²) in [6.07, 6.45) is 4.34. The van der Waals surface area contributed by atoms with E-state index in [1.807, 2.05) is 32.0 Å². The van der Waals surface area contributed by atoms with Crippen molar-refractivity contribution in [2.24, 2.45) is 17.8 Å². The molecule has 4 aliphatic carbocycles. The zero-order chi connectivity index (χ0) is 16.9. The minimum absolute atomic E-state index is 0.0681. The highest BCUT2D eigenvalue weighted by atomic mass is 16.6. The third kappa shape index (κ3) is 2.62. The quantitative estimate of drug-likeness (QED) is 0.795. The molecule has 0 amide bonds. The maximum atomic E-state index is 12.4. The number of ketones is 1. The van der Waals surface area contributed by atoms with Gasteiger partial charge in [0.15, 0.2) is 6.61 Å². The van der Waals surface area contributed by atoms with Gasteiger partial charge in [0.05, 0.1) is 0 Å². The van der Waals surface area contributed by atoms with Gasteiger partial charge in [0.2, 0.25) is 0 Å². The summed E-state index contributed by atoms with van der Waals surface area (Å²) in [5, 5.41) is 0. The topological polar surface area (TPSA) is 52.6 Å². The highest BCUT2D eigenvalue weighted by Gasteiger charge is 2.57. The van der Waals surface area contributed by atoms with E-state index >= 15 is 0 Å². The lowest BCUT2D eigenvalue weighted by atomic mass is 9.53. The Morgan fingerprint density at radius 2 is 1.75 bits per heavy atom. The van der Waals surface area contributed by atoms with E-state index in [2.05, 4.69) is 0 Å². The molecular formula is C20H24O4. The molecule has 0 spiro atoms. The molecule has 4 heteroatoms. The van der Waals surface area contributed by atoms with Crippen LogP contribution < -0.4 is 4.74 Å². The fourth-order valence-electron chi connectivity index (χ4n) is 5.23. The van der Waals surface area contributed by atoms with Crippen molar-refractivity contribution in [2.75, 3.05) is 6.61 Å². The van der Waals surface area contributed by atoms with E-state index in [9.17, 15) is 9.59 Å². The average Bonchev–Trinajstić information content (AvgIpc) is 2.51. The van der Waals surface area contributed by atoms with Crippen LogP contribution in [0.25, 0.3) is 0 Å². The van der Waals surface area contributed by atoms with Crippen molar-refractivity contribution in [1.82, 2.24) is 0 Å². The number of rotatable bonds is 4. The standard InChI is InChI=1S/C20H24O4/c1-12-4-3-5-13(2)19(12)23-11-17(21)24-20-8-14-6-15(9-20)18(22)16(7-14)10-20/h3-5,14-16H,6-11H2,1-2H3. The lowest BCUT2D eigenvalue weighted by Gasteiger charge is -2.54. The summed E-state index contributed by atoms with van der Waals surface area (Å²) in [4.78, 5) is 24.6. The third-order valence-electron chi connectivity index (χ3n) is 6.01. The van der Waals surface area contributed by atoms with Crippen molar-refractivity contribution in [3.63, 3.8) is 0 Å². The first-order valence-corrected chi connectivity index (χ1v) is 8.90. The van der Waals surface area contributed by atoms with Crippen molar-refractivity contribution >= 4 is 11.8 Å². The van der Waals surface area contributed by atoms with Gasteiger partial charge in [0.25, 0.3) is 0 Å². The van der Waals surface area contributed by atoms with Crippen molar-refractivity contribution in [2.45, 2.75) is 51.6 Å². The summed E-state index contributed by atoms with van der Waals surface area (Å²) in [7, 11) is 0. The molecule has 4 aliphatic rings. The molecule has 4 saturated carbocycles. The van der Waals surface area contributed by atoms with Gasteiger partial charge < -0.3 is 9.47 Å². The highest BCUT2D eigenvalue weighted by Crippen LogP contribution is 2.55. The second-order valence-electron chi connectivity index (χ2n) is 7.91. The van der Waals surface area contributed by atoms with Crippen LogP contribution in [0, 0.1) is 31.6 Å². The molecule has 24 heavy (non-hydrogen) atoms. The molecule has 5 rings (SSSR count). The van der Waals surface area contributed by atoms with Crippen LogP contribution in [0.4, 0.5) is 0 Å². The van der Waals surface area contributed by atoms with Gasteiger partial charge in [0.1, 0.15) is 17.1 Å². The van der Waals surface area contributed by atoms with Crippen LogP contribution in [0.2, 0.25) is 0 Å². The van der Waals surface area contributed by atoms with Crippen LogP contribution in [-0.2, 0) is 14.3 Å². The monoisotopic (exact) mass is 328 g/mol. The van der Waals surface area contributed by atoms with Gasteiger partial charge in [-0.2, -0.15) is 0 Å². The van der Waals surface area contributed by atoms with Gasteiger partial charge in [-0.25, -0.2) is 4.79 Å². The summed E-state index contributed by atoms with van der Waals surface area (Å²) in [5.41, 5.74) is 1.62. The summed E-state index contributed by atoms with van der Waals surface area (Å²) < 4.78 is 11.6. The van der Waals surface area contributed by atoms with Crippen molar-refractivity contribution < 1.29 is 19.1 Å². The van der Waals surface area contributed by atoms with Gasteiger partial charge in [-0.1, -0.05) is 18.2 Å². The molecule has 1 aromatic rings. The molecule has 1 aromatic carbocycles. The number of carbonyl (C=O) groups excluding carboxylic acids is 2. The lowest BCUT2D eigenvalue weighted by Crippen LogP contribution is -2.57. The van der Waals surface area contributed by atoms with Crippen LogP contribution >= 0.6 is 0 Å². The molecule has 0 aromatic heterocycles. The third-order valence-corrected chi connectivity index (χ3v) is 6.01. The van der Waals surface area contributed by atoms with Gasteiger partial charge in [-0.15, -0.1) is 0 Å². The number of benzene rings is 1. The number of carbonyl (C=O) groups is 2. The fraction of sp³-hybridized carbons (Fsp3) is 0.600.